The van der Waals surface area contributed by atoms with E-state index in [2.05, 4.69) is 10.1 Å². The SMILES string of the molecule is Cc1cc(/C=C2/C(=N)N3N=C(c4ccccc4)SC3=NC2=O)c(C)n1-c1ccc(Cl)cc1Cl. The molecule has 3 heterocycles. The number of aliphatic imine (C=N–C) groups is 1. The molecule has 164 valence electrons. The number of hydrogen-bond donors (Lipinski definition) is 1. The second-order valence-electron chi connectivity index (χ2n) is 7.55. The van der Waals surface area contributed by atoms with Gasteiger partial charge in [-0.1, -0.05) is 53.5 Å². The van der Waals surface area contributed by atoms with Crippen molar-refractivity contribution >= 4 is 63.0 Å². The van der Waals surface area contributed by atoms with Gasteiger partial charge in [-0.2, -0.15) is 15.1 Å². The van der Waals surface area contributed by atoms with Crippen LogP contribution in [0, 0.1) is 19.3 Å². The summed E-state index contributed by atoms with van der Waals surface area (Å²) in [5.41, 5.74) is 4.49. The van der Waals surface area contributed by atoms with Crippen molar-refractivity contribution in [3.63, 3.8) is 0 Å². The van der Waals surface area contributed by atoms with E-state index in [9.17, 15) is 4.79 Å². The quantitative estimate of drug-likeness (QED) is 0.450. The lowest BCUT2D eigenvalue weighted by Gasteiger charge is -2.20. The van der Waals surface area contributed by atoms with Gasteiger partial charge < -0.3 is 4.57 Å². The van der Waals surface area contributed by atoms with E-state index in [4.69, 9.17) is 28.6 Å². The molecule has 0 unspecified atom stereocenters. The highest BCUT2D eigenvalue weighted by atomic mass is 35.5. The number of amides is 1. The Morgan fingerprint density at radius 1 is 1.06 bits per heavy atom. The second-order valence-corrected chi connectivity index (χ2v) is 9.35. The van der Waals surface area contributed by atoms with E-state index < -0.39 is 5.91 Å². The molecule has 0 saturated carbocycles. The van der Waals surface area contributed by atoms with Gasteiger partial charge in [0, 0.05) is 22.0 Å². The first kappa shape index (κ1) is 21.7. The summed E-state index contributed by atoms with van der Waals surface area (Å²) >= 11 is 13.8. The number of rotatable bonds is 3. The molecule has 6 nitrogen and oxygen atoms in total. The average molecular weight is 494 g/mol. The predicted octanol–water partition coefficient (Wildman–Crippen LogP) is 6.07. The van der Waals surface area contributed by atoms with Crippen molar-refractivity contribution in [1.82, 2.24) is 9.58 Å². The number of halogens is 2. The standard InChI is InChI=1S/C24H17Cl2N5OS/c1-13-10-16(14(2)30(13)20-9-8-17(25)12-19(20)26)11-18-21(27)31-24(28-22(18)32)33-23(29-31)15-6-4-3-5-7-15/h3-12,27H,1-2H3/b18-11-,27-21?. The van der Waals surface area contributed by atoms with E-state index in [-0.39, 0.29) is 11.4 Å². The largest absolute Gasteiger partial charge is 0.316 e. The minimum atomic E-state index is -0.461. The molecule has 2 aliphatic heterocycles. The van der Waals surface area contributed by atoms with Crippen molar-refractivity contribution in [3.8, 4) is 5.69 Å². The third-order valence-electron chi connectivity index (χ3n) is 5.40. The van der Waals surface area contributed by atoms with Gasteiger partial charge in [-0.05, 0) is 61.5 Å². The highest BCUT2D eigenvalue weighted by Gasteiger charge is 2.36. The summed E-state index contributed by atoms with van der Waals surface area (Å²) in [5.74, 6) is -0.463. The number of aryl methyl sites for hydroxylation is 1. The van der Waals surface area contributed by atoms with Crippen molar-refractivity contribution in [2.24, 2.45) is 10.1 Å². The Bertz CT molecular complexity index is 1420. The van der Waals surface area contributed by atoms with Gasteiger partial charge in [-0.3, -0.25) is 10.2 Å². The minimum Gasteiger partial charge on any atom is -0.316 e. The van der Waals surface area contributed by atoms with Crippen LogP contribution in [0.15, 0.2) is 70.3 Å². The third kappa shape index (κ3) is 3.82. The van der Waals surface area contributed by atoms with Crippen LogP contribution < -0.4 is 0 Å². The zero-order valence-corrected chi connectivity index (χ0v) is 20.0. The van der Waals surface area contributed by atoms with Gasteiger partial charge in [-0.25, -0.2) is 0 Å². The summed E-state index contributed by atoms with van der Waals surface area (Å²) in [6.45, 7) is 3.89. The lowest BCUT2D eigenvalue weighted by Crippen LogP contribution is -2.35. The molecule has 3 aromatic rings. The van der Waals surface area contributed by atoms with E-state index >= 15 is 0 Å². The molecule has 5 rings (SSSR count). The van der Waals surface area contributed by atoms with Gasteiger partial charge >= 0.3 is 0 Å². The van der Waals surface area contributed by atoms with Gasteiger partial charge in [0.15, 0.2) is 5.84 Å². The molecule has 0 spiro atoms. The number of fused-ring (bicyclic) bond motifs is 1. The number of thioether (sulfide) groups is 1. The molecule has 1 N–H and O–H groups in total. The van der Waals surface area contributed by atoms with E-state index in [1.165, 1.54) is 16.8 Å². The fourth-order valence-corrected chi connectivity index (χ4v) is 5.20. The first-order valence-corrected chi connectivity index (χ1v) is 11.6. The molecule has 0 atom stereocenters. The van der Waals surface area contributed by atoms with Crippen molar-refractivity contribution < 1.29 is 4.79 Å². The summed E-state index contributed by atoms with van der Waals surface area (Å²) in [7, 11) is 0. The number of benzene rings is 2. The Morgan fingerprint density at radius 2 is 1.82 bits per heavy atom. The molecule has 2 aromatic carbocycles. The highest BCUT2D eigenvalue weighted by molar-refractivity contribution is 8.27. The van der Waals surface area contributed by atoms with Gasteiger partial charge in [0.25, 0.3) is 5.91 Å². The van der Waals surface area contributed by atoms with Crippen LogP contribution in [0.25, 0.3) is 11.8 Å². The Labute approximate surface area is 204 Å². The number of amidine groups is 2. The number of hydrogen-bond acceptors (Lipinski definition) is 4. The summed E-state index contributed by atoms with van der Waals surface area (Å²) in [6, 6.07) is 16.9. The van der Waals surface area contributed by atoms with Crippen LogP contribution in [0.2, 0.25) is 10.0 Å². The van der Waals surface area contributed by atoms with Crippen LogP contribution in [-0.4, -0.2) is 31.5 Å². The fraction of sp³-hybridized carbons (Fsp3) is 0.0833. The minimum absolute atomic E-state index is 0.00207. The zero-order valence-electron chi connectivity index (χ0n) is 17.6. The Hall–Kier alpha value is -3.13. The van der Waals surface area contributed by atoms with Crippen LogP contribution >= 0.6 is 35.0 Å². The highest BCUT2D eigenvalue weighted by Crippen LogP contribution is 2.33. The molecule has 9 heteroatoms. The summed E-state index contributed by atoms with van der Waals surface area (Å²) in [6.07, 6.45) is 1.69. The monoisotopic (exact) mass is 493 g/mol. The van der Waals surface area contributed by atoms with Crippen molar-refractivity contribution in [3.05, 3.63) is 92.7 Å². The van der Waals surface area contributed by atoms with Crippen LogP contribution in [0.3, 0.4) is 0 Å². The fourth-order valence-electron chi connectivity index (χ4n) is 3.81. The number of hydrazone groups is 1. The molecule has 33 heavy (non-hydrogen) atoms. The van der Waals surface area contributed by atoms with E-state index in [1.807, 2.05) is 60.9 Å². The molecule has 2 aliphatic rings. The number of carbonyl (C=O) groups is 1. The maximum atomic E-state index is 12.8. The third-order valence-corrected chi connectivity index (χ3v) is 6.89. The van der Waals surface area contributed by atoms with E-state index in [1.54, 1.807) is 18.2 Å². The first-order chi connectivity index (χ1) is 15.8. The second kappa shape index (κ2) is 8.33. The number of carbonyl (C=O) groups excluding carboxylic acids is 1. The van der Waals surface area contributed by atoms with E-state index in [0.29, 0.717) is 20.3 Å². The summed E-state index contributed by atoms with van der Waals surface area (Å²) < 4.78 is 1.99. The molecular formula is C24H17Cl2N5OS. The van der Waals surface area contributed by atoms with Gasteiger partial charge in [0.2, 0.25) is 5.17 Å². The Balaban J connectivity index is 1.53. The topological polar surface area (TPSA) is 73.8 Å². The average Bonchev–Trinajstić information content (AvgIpc) is 3.33. The van der Waals surface area contributed by atoms with Gasteiger partial charge in [-0.15, -0.1) is 0 Å². The van der Waals surface area contributed by atoms with Gasteiger partial charge in [0.05, 0.1) is 16.3 Å². The van der Waals surface area contributed by atoms with E-state index in [0.717, 1.165) is 28.2 Å². The normalized spacial score (nSPS) is 16.8. The smallest absolute Gasteiger partial charge is 0.283 e. The first-order valence-electron chi connectivity index (χ1n) is 10.0. The van der Waals surface area contributed by atoms with Crippen LogP contribution in [0.4, 0.5) is 0 Å². The molecule has 0 saturated heterocycles. The van der Waals surface area contributed by atoms with Crippen LogP contribution in [0.1, 0.15) is 22.5 Å². The molecular weight excluding hydrogens is 477 g/mol. The van der Waals surface area contributed by atoms with Crippen LogP contribution in [0.5, 0.6) is 0 Å². The van der Waals surface area contributed by atoms with Crippen LogP contribution in [-0.2, 0) is 4.79 Å². The summed E-state index contributed by atoms with van der Waals surface area (Å²) in [5, 5.41) is 16.8. The van der Waals surface area contributed by atoms with Crippen molar-refractivity contribution in [1.29, 1.82) is 5.41 Å². The zero-order chi connectivity index (χ0) is 23.3. The molecule has 1 amide bonds. The number of nitrogens with zero attached hydrogens (tertiary/aromatic N) is 4. The Kier molecular flexibility index (Phi) is 5.48. The van der Waals surface area contributed by atoms with Crippen molar-refractivity contribution in [2.75, 3.05) is 0 Å². The van der Waals surface area contributed by atoms with Crippen molar-refractivity contribution in [2.45, 2.75) is 13.8 Å². The molecule has 0 aliphatic carbocycles. The maximum Gasteiger partial charge on any atom is 0.283 e. The molecule has 0 bridgehead atoms. The molecule has 0 radical (unpaired) electrons. The molecule has 1 aromatic heterocycles. The Morgan fingerprint density at radius 3 is 2.55 bits per heavy atom. The lowest BCUT2D eigenvalue weighted by molar-refractivity contribution is -0.114. The number of aromatic nitrogens is 1. The van der Waals surface area contributed by atoms with Gasteiger partial charge in [0.1, 0.15) is 5.04 Å². The molecule has 0 fully saturated rings. The number of nitrogens with one attached hydrogen (secondary N) is 1. The lowest BCUT2D eigenvalue weighted by atomic mass is 10.1. The maximum absolute atomic E-state index is 12.8. The summed E-state index contributed by atoms with van der Waals surface area (Å²) in [4.78, 5) is 17.0. The predicted molar refractivity (Wildman–Crippen MR) is 136 cm³/mol.